The maximum absolute atomic E-state index is 3.57. The molecule has 0 radical (unpaired) electrons. The van der Waals surface area contributed by atoms with E-state index in [1.807, 2.05) is 0 Å². The standard InChI is InChI=1S/C17H27N3/c1-13-11-20(12-17(13)19(2)3)16-8-4-14(5-9-16)10-18-15-6-7-15/h4-5,8-9,13,15,17-18H,6-7,10-12H2,1-3H3. The third-order valence-electron chi connectivity index (χ3n) is 4.71. The largest absolute Gasteiger partial charge is 0.370 e. The molecule has 0 aromatic heterocycles. The second-order valence-electron chi connectivity index (χ2n) is 6.73. The Hall–Kier alpha value is -1.06. The highest BCUT2D eigenvalue weighted by Crippen LogP contribution is 2.26. The van der Waals surface area contributed by atoms with Crippen LogP contribution in [0.25, 0.3) is 0 Å². The molecule has 1 aliphatic heterocycles. The van der Waals surface area contributed by atoms with Crippen LogP contribution in [0.2, 0.25) is 0 Å². The molecule has 3 heteroatoms. The molecule has 1 heterocycles. The van der Waals surface area contributed by atoms with Crippen molar-refractivity contribution in [2.24, 2.45) is 5.92 Å². The highest BCUT2D eigenvalue weighted by Gasteiger charge is 2.30. The van der Waals surface area contributed by atoms with Gasteiger partial charge in [0, 0.05) is 37.4 Å². The maximum atomic E-state index is 3.57. The fourth-order valence-corrected chi connectivity index (χ4v) is 3.21. The molecule has 1 aromatic rings. The highest BCUT2D eigenvalue weighted by molar-refractivity contribution is 5.49. The number of anilines is 1. The quantitative estimate of drug-likeness (QED) is 0.888. The van der Waals surface area contributed by atoms with Crippen molar-refractivity contribution in [3.8, 4) is 0 Å². The molecule has 1 N–H and O–H groups in total. The maximum Gasteiger partial charge on any atom is 0.0367 e. The normalized spacial score (nSPS) is 26.5. The molecule has 3 rings (SSSR count). The second-order valence-corrected chi connectivity index (χ2v) is 6.73. The number of nitrogens with zero attached hydrogens (tertiary/aromatic N) is 2. The number of hydrogen-bond acceptors (Lipinski definition) is 3. The van der Waals surface area contributed by atoms with Gasteiger partial charge in [-0.2, -0.15) is 0 Å². The molecule has 1 aromatic carbocycles. The van der Waals surface area contributed by atoms with Gasteiger partial charge in [0.2, 0.25) is 0 Å². The first-order valence-corrected chi connectivity index (χ1v) is 7.87. The number of rotatable bonds is 5. The summed E-state index contributed by atoms with van der Waals surface area (Å²) in [7, 11) is 4.38. The monoisotopic (exact) mass is 273 g/mol. The first-order valence-electron chi connectivity index (χ1n) is 7.87. The Bertz CT molecular complexity index is 436. The van der Waals surface area contributed by atoms with E-state index in [-0.39, 0.29) is 0 Å². The number of nitrogens with one attached hydrogen (secondary N) is 1. The van der Waals surface area contributed by atoms with E-state index in [2.05, 4.69) is 60.4 Å². The second kappa shape index (κ2) is 5.74. The lowest BCUT2D eigenvalue weighted by Gasteiger charge is -2.23. The smallest absolute Gasteiger partial charge is 0.0367 e. The topological polar surface area (TPSA) is 18.5 Å². The summed E-state index contributed by atoms with van der Waals surface area (Å²) in [5.74, 6) is 0.737. The summed E-state index contributed by atoms with van der Waals surface area (Å²) in [5.41, 5.74) is 2.77. The fraction of sp³-hybridized carbons (Fsp3) is 0.647. The average Bonchev–Trinajstić information content (AvgIpc) is 3.18. The van der Waals surface area contributed by atoms with Crippen molar-refractivity contribution in [3.63, 3.8) is 0 Å². The van der Waals surface area contributed by atoms with Gasteiger partial charge < -0.3 is 15.1 Å². The van der Waals surface area contributed by atoms with Crippen molar-refractivity contribution < 1.29 is 0 Å². The van der Waals surface area contributed by atoms with Gasteiger partial charge in [-0.3, -0.25) is 0 Å². The lowest BCUT2D eigenvalue weighted by Crippen LogP contribution is -2.34. The molecular formula is C17H27N3. The van der Waals surface area contributed by atoms with Gasteiger partial charge in [-0.05, 0) is 50.6 Å². The van der Waals surface area contributed by atoms with Crippen LogP contribution in [0.3, 0.4) is 0 Å². The van der Waals surface area contributed by atoms with Gasteiger partial charge in [-0.25, -0.2) is 0 Å². The summed E-state index contributed by atoms with van der Waals surface area (Å²) < 4.78 is 0. The Morgan fingerprint density at radius 1 is 1.15 bits per heavy atom. The Labute approximate surface area is 123 Å². The molecule has 2 unspecified atom stereocenters. The molecule has 0 spiro atoms. The molecule has 2 fully saturated rings. The average molecular weight is 273 g/mol. The van der Waals surface area contributed by atoms with Gasteiger partial charge in [-0.1, -0.05) is 19.1 Å². The number of likely N-dealkylation sites (N-methyl/N-ethyl adjacent to an activating group) is 1. The Balaban J connectivity index is 1.59. The first-order chi connectivity index (χ1) is 9.63. The lowest BCUT2D eigenvalue weighted by atomic mass is 10.1. The van der Waals surface area contributed by atoms with Crippen LogP contribution in [0.1, 0.15) is 25.3 Å². The third-order valence-corrected chi connectivity index (χ3v) is 4.71. The minimum Gasteiger partial charge on any atom is -0.370 e. The molecule has 110 valence electrons. The molecule has 3 nitrogen and oxygen atoms in total. The summed E-state index contributed by atoms with van der Waals surface area (Å²) in [5, 5.41) is 3.57. The van der Waals surface area contributed by atoms with Gasteiger partial charge in [-0.15, -0.1) is 0 Å². The van der Waals surface area contributed by atoms with E-state index in [9.17, 15) is 0 Å². The van der Waals surface area contributed by atoms with Crippen LogP contribution in [0, 0.1) is 5.92 Å². The van der Waals surface area contributed by atoms with Gasteiger partial charge >= 0.3 is 0 Å². The minimum absolute atomic E-state index is 0.672. The van der Waals surface area contributed by atoms with Crippen molar-refractivity contribution in [1.29, 1.82) is 0 Å². The van der Waals surface area contributed by atoms with E-state index in [1.54, 1.807) is 0 Å². The van der Waals surface area contributed by atoms with Gasteiger partial charge in [0.15, 0.2) is 0 Å². The van der Waals surface area contributed by atoms with E-state index in [0.717, 1.165) is 25.0 Å². The van der Waals surface area contributed by atoms with Crippen molar-refractivity contribution in [2.45, 2.75) is 38.4 Å². The van der Waals surface area contributed by atoms with Crippen molar-refractivity contribution in [3.05, 3.63) is 29.8 Å². The van der Waals surface area contributed by atoms with Crippen molar-refractivity contribution in [2.75, 3.05) is 32.1 Å². The first kappa shape index (κ1) is 13.9. The van der Waals surface area contributed by atoms with Crippen LogP contribution >= 0.6 is 0 Å². The SMILES string of the molecule is CC1CN(c2ccc(CNC3CC3)cc2)CC1N(C)C. The lowest BCUT2D eigenvalue weighted by molar-refractivity contribution is 0.266. The molecule has 1 saturated carbocycles. The number of hydrogen-bond donors (Lipinski definition) is 1. The van der Waals surface area contributed by atoms with Crippen LogP contribution in [-0.4, -0.2) is 44.2 Å². The Morgan fingerprint density at radius 2 is 1.85 bits per heavy atom. The summed E-state index contributed by atoms with van der Waals surface area (Å²) in [6, 6.07) is 10.6. The summed E-state index contributed by atoms with van der Waals surface area (Å²) >= 11 is 0. The Kier molecular flexibility index (Phi) is 3.99. The molecule has 20 heavy (non-hydrogen) atoms. The number of benzene rings is 1. The van der Waals surface area contributed by atoms with Crippen LogP contribution in [-0.2, 0) is 6.54 Å². The third kappa shape index (κ3) is 3.15. The van der Waals surface area contributed by atoms with E-state index < -0.39 is 0 Å². The Morgan fingerprint density at radius 3 is 2.40 bits per heavy atom. The molecule has 1 aliphatic carbocycles. The molecule has 1 saturated heterocycles. The highest BCUT2D eigenvalue weighted by atomic mass is 15.2. The van der Waals surface area contributed by atoms with Gasteiger partial charge in [0.05, 0.1) is 0 Å². The van der Waals surface area contributed by atoms with Gasteiger partial charge in [0.25, 0.3) is 0 Å². The van der Waals surface area contributed by atoms with Crippen molar-refractivity contribution in [1.82, 2.24) is 10.2 Å². The van der Waals surface area contributed by atoms with Crippen LogP contribution in [0.4, 0.5) is 5.69 Å². The van der Waals surface area contributed by atoms with E-state index in [4.69, 9.17) is 0 Å². The zero-order valence-electron chi connectivity index (χ0n) is 13.0. The van der Waals surface area contributed by atoms with E-state index in [1.165, 1.54) is 30.6 Å². The zero-order valence-corrected chi connectivity index (χ0v) is 13.0. The minimum atomic E-state index is 0.672. The molecule has 0 bridgehead atoms. The molecule has 2 aliphatic rings. The summed E-state index contributed by atoms with van der Waals surface area (Å²) in [6.45, 7) is 5.69. The predicted octanol–water partition coefficient (Wildman–Crippen LogP) is 2.32. The summed E-state index contributed by atoms with van der Waals surface area (Å²) in [4.78, 5) is 4.88. The van der Waals surface area contributed by atoms with Gasteiger partial charge in [0.1, 0.15) is 0 Å². The molecule has 0 amide bonds. The van der Waals surface area contributed by atoms with Crippen LogP contribution in [0.5, 0.6) is 0 Å². The van der Waals surface area contributed by atoms with E-state index in [0.29, 0.717) is 6.04 Å². The van der Waals surface area contributed by atoms with E-state index >= 15 is 0 Å². The summed E-state index contributed by atoms with van der Waals surface area (Å²) in [6.07, 6.45) is 2.71. The predicted molar refractivity (Wildman–Crippen MR) is 85.2 cm³/mol. The van der Waals surface area contributed by atoms with Crippen molar-refractivity contribution >= 4 is 5.69 Å². The zero-order chi connectivity index (χ0) is 14.1. The van der Waals surface area contributed by atoms with Crippen LogP contribution < -0.4 is 10.2 Å². The van der Waals surface area contributed by atoms with Crippen LogP contribution in [0.15, 0.2) is 24.3 Å². The fourth-order valence-electron chi connectivity index (χ4n) is 3.21. The molecular weight excluding hydrogens is 246 g/mol. The molecule has 2 atom stereocenters.